The van der Waals surface area contributed by atoms with Crippen LogP contribution in [0.15, 0.2) is 66.9 Å². The van der Waals surface area contributed by atoms with Gasteiger partial charge in [-0.05, 0) is 29.7 Å². The van der Waals surface area contributed by atoms with Crippen molar-refractivity contribution in [2.45, 2.75) is 24.8 Å². The number of para-hydroxylation sites is 1. The summed E-state index contributed by atoms with van der Waals surface area (Å²) in [5.74, 6) is -0.111. The first-order valence-electron chi connectivity index (χ1n) is 9.65. The first-order chi connectivity index (χ1) is 14.0. The van der Waals surface area contributed by atoms with Crippen LogP contribution in [0.5, 0.6) is 0 Å². The van der Waals surface area contributed by atoms with Gasteiger partial charge >= 0.3 is 0 Å². The van der Waals surface area contributed by atoms with Crippen LogP contribution in [0.4, 0.5) is 5.69 Å². The molecule has 6 heteroatoms. The molecule has 0 fully saturated rings. The van der Waals surface area contributed by atoms with Gasteiger partial charge in [-0.15, -0.1) is 0 Å². The summed E-state index contributed by atoms with van der Waals surface area (Å²) in [6.45, 7) is 0.423. The summed E-state index contributed by atoms with van der Waals surface area (Å²) in [6.07, 6.45) is 2.26. The van der Waals surface area contributed by atoms with Crippen LogP contribution in [-0.2, 0) is 28.0 Å². The molecule has 0 aliphatic carbocycles. The molecule has 148 valence electrons. The van der Waals surface area contributed by atoms with Gasteiger partial charge in [-0.25, -0.2) is 0 Å². The third-order valence-electron chi connectivity index (χ3n) is 5.69. The van der Waals surface area contributed by atoms with Crippen LogP contribution in [0.3, 0.4) is 0 Å². The number of aromatic amines is 1. The Labute approximate surface area is 170 Å². The van der Waals surface area contributed by atoms with Gasteiger partial charge in [0.2, 0.25) is 11.8 Å². The zero-order valence-electron chi connectivity index (χ0n) is 16.6. The average molecular weight is 388 g/mol. The third-order valence-corrected chi connectivity index (χ3v) is 5.69. The number of aromatic nitrogens is 2. The molecule has 1 aliphatic rings. The van der Waals surface area contributed by atoms with Gasteiger partial charge in [-0.3, -0.25) is 14.7 Å². The quantitative estimate of drug-likeness (QED) is 0.706. The number of nitrogens with zero attached hydrogens (tertiary/aromatic N) is 3. The van der Waals surface area contributed by atoms with Crippen LogP contribution < -0.4 is 4.90 Å². The Kier molecular flexibility index (Phi) is 4.92. The number of hydrogen-bond acceptors (Lipinski definition) is 3. The van der Waals surface area contributed by atoms with E-state index in [1.165, 1.54) is 0 Å². The number of rotatable bonds is 6. The smallest absolute Gasteiger partial charge is 0.238 e. The van der Waals surface area contributed by atoms with Crippen LogP contribution in [0.25, 0.3) is 0 Å². The number of nitrogens with one attached hydrogen (secondary N) is 1. The lowest BCUT2D eigenvalue weighted by Crippen LogP contribution is -2.44. The van der Waals surface area contributed by atoms with Crippen molar-refractivity contribution in [1.29, 1.82) is 0 Å². The maximum atomic E-state index is 13.5. The van der Waals surface area contributed by atoms with Crippen molar-refractivity contribution in [2.24, 2.45) is 0 Å². The molecule has 2 amide bonds. The van der Waals surface area contributed by atoms with E-state index in [1.807, 2.05) is 60.7 Å². The van der Waals surface area contributed by atoms with Gasteiger partial charge in [-0.1, -0.05) is 48.5 Å². The van der Waals surface area contributed by atoms with E-state index < -0.39 is 5.41 Å². The summed E-state index contributed by atoms with van der Waals surface area (Å²) in [6, 6.07) is 19.5. The molecule has 29 heavy (non-hydrogen) atoms. The second-order valence-corrected chi connectivity index (χ2v) is 7.63. The van der Waals surface area contributed by atoms with E-state index in [1.54, 1.807) is 30.1 Å². The minimum atomic E-state index is -0.911. The van der Waals surface area contributed by atoms with Crippen molar-refractivity contribution < 1.29 is 9.59 Å². The summed E-state index contributed by atoms with van der Waals surface area (Å²) < 4.78 is 0. The number of fused-ring (bicyclic) bond motifs is 1. The summed E-state index contributed by atoms with van der Waals surface area (Å²) in [4.78, 5) is 30.0. The lowest BCUT2D eigenvalue weighted by atomic mass is 9.73. The molecule has 1 N–H and O–H groups in total. The molecule has 6 nitrogen and oxygen atoms in total. The molecule has 0 bridgehead atoms. The Morgan fingerprint density at radius 1 is 1.10 bits per heavy atom. The largest absolute Gasteiger partial charge is 0.340 e. The highest BCUT2D eigenvalue weighted by Gasteiger charge is 2.51. The number of benzene rings is 2. The Hall–Kier alpha value is -3.41. The van der Waals surface area contributed by atoms with E-state index in [-0.39, 0.29) is 18.2 Å². The van der Waals surface area contributed by atoms with Crippen molar-refractivity contribution in [3.8, 4) is 0 Å². The summed E-state index contributed by atoms with van der Waals surface area (Å²) in [5, 5.41) is 6.81. The number of carbonyl (C=O) groups excluding carboxylic acids is 2. The molecule has 2 heterocycles. The molecule has 1 aromatic heterocycles. The molecular formula is C23H24N4O2. The van der Waals surface area contributed by atoms with Gasteiger partial charge in [0.15, 0.2) is 0 Å². The number of carbonyl (C=O) groups is 2. The topological polar surface area (TPSA) is 69.3 Å². The van der Waals surface area contributed by atoms with Crippen LogP contribution in [0.2, 0.25) is 0 Å². The normalized spacial score (nSPS) is 18.0. The maximum absolute atomic E-state index is 13.5. The van der Waals surface area contributed by atoms with Crippen molar-refractivity contribution in [1.82, 2.24) is 15.1 Å². The van der Waals surface area contributed by atoms with Crippen LogP contribution in [-0.4, -0.2) is 41.0 Å². The highest BCUT2D eigenvalue weighted by Crippen LogP contribution is 2.45. The molecule has 2 aromatic carbocycles. The van der Waals surface area contributed by atoms with Crippen molar-refractivity contribution in [3.63, 3.8) is 0 Å². The molecule has 0 unspecified atom stereocenters. The first kappa shape index (κ1) is 18.9. The van der Waals surface area contributed by atoms with Gasteiger partial charge in [-0.2, -0.15) is 5.10 Å². The van der Waals surface area contributed by atoms with Gasteiger partial charge in [0.1, 0.15) is 0 Å². The Balaban J connectivity index is 1.70. The fourth-order valence-electron chi connectivity index (χ4n) is 4.17. The van der Waals surface area contributed by atoms with Crippen molar-refractivity contribution in [3.05, 3.63) is 83.7 Å². The number of likely N-dealkylation sites (N-methyl/N-ethyl adjacent to an activating group) is 1. The molecule has 1 aliphatic heterocycles. The van der Waals surface area contributed by atoms with E-state index >= 15 is 0 Å². The van der Waals surface area contributed by atoms with E-state index in [9.17, 15) is 9.59 Å². The van der Waals surface area contributed by atoms with E-state index in [0.717, 1.165) is 22.5 Å². The number of amides is 2. The summed E-state index contributed by atoms with van der Waals surface area (Å²) in [5.41, 5.74) is 2.77. The molecule has 0 radical (unpaired) electrons. The molecular weight excluding hydrogens is 364 g/mol. The number of hydrogen-bond donors (Lipinski definition) is 1. The molecule has 3 aromatic rings. The predicted molar refractivity (Wildman–Crippen MR) is 111 cm³/mol. The Bertz CT molecular complexity index is 1020. The standard InChI is InChI=1S/C23H24N4O2/c1-26(16-18-12-13-24-25-18)21(28)15-23(14-17-8-4-3-5-9-17)19-10-6-7-11-20(19)27(2)22(23)29/h3-13H,14-16H2,1-2H3,(H,24,25)/t23-/m0/s1. The van der Waals surface area contributed by atoms with Gasteiger partial charge in [0.05, 0.1) is 17.7 Å². The summed E-state index contributed by atoms with van der Waals surface area (Å²) >= 11 is 0. The zero-order chi connectivity index (χ0) is 20.4. The van der Waals surface area contributed by atoms with Crippen LogP contribution >= 0.6 is 0 Å². The third kappa shape index (κ3) is 3.42. The zero-order valence-corrected chi connectivity index (χ0v) is 16.6. The molecule has 0 spiro atoms. The van der Waals surface area contributed by atoms with Gasteiger partial charge in [0, 0.05) is 32.4 Å². The molecule has 1 atom stereocenters. The fraction of sp³-hybridized carbons (Fsp3) is 0.261. The molecule has 4 rings (SSSR count). The van der Waals surface area contributed by atoms with Crippen LogP contribution in [0, 0.1) is 0 Å². The molecule has 0 saturated carbocycles. The fourth-order valence-corrected chi connectivity index (χ4v) is 4.17. The number of H-pyrrole nitrogens is 1. The Morgan fingerprint density at radius 3 is 2.55 bits per heavy atom. The van der Waals surface area contributed by atoms with Gasteiger partial charge < -0.3 is 9.80 Å². The maximum Gasteiger partial charge on any atom is 0.238 e. The molecule has 0 saturated heterocycles. The van der Waals surface area contributed by atoms with E-state index in [4.69, 9.17) is 0 Å². The monoisotopic (exact) mass is 388 g/mol. The van der Waals surface area contributed by atoms with Crippen molar-refractivity contribution >= 4 is 17.5 Å². The lowest BCUT2D eigenvalue weighted by Gasteiger charge is -2.30. The van der Waals surface area contributed by atoms with Gasteiger partial charge in [0.25, 0.3) is 0 Å². The average Bonchev–Trinajstić information content (AvgIpc) is 3.31. The first-order valence-corrected chi connectivity index (χ1v) is 9.65. The lowest BCUT2D eigenvalue weighted by molar-refractivity contribution is -0.135. The van der Waals surface area contributed by atoms with E-state index in [0.29, 0.717) is 13.0 Å². The van der Waals surface area contributed by atoms with Crippen LogP contribution in [0.1, 0.15) is 23.2 Å². The Morgan fingerprint density at radius 2 is 1.83 bits per heavy atom. The second kappa shape index (κ2) is 7.54. The van der Waals surface area contributed by atoms with E-state index in [2.05, 4.69) is 10.2 Å². The summed E-state index contributed by atoms with van der Waals surface area (Å²) in [7, 11) is 3.54. The SMILES string of the molecule is CN(Cc1ccn[nH]1)C(=O)C[C@]1(Cc2ccccc2)C(=O)N(C)c2ccccc21. The highest BCUT2D eigenvalue weighted by atomic mass is 16.2. The minimum Gasteiger partial charge on any atom is -0.340 e. The highest BCUT2D eigenvalue weighted by molar-refractivity contribution is 6.09. The number of anilines is 1. The predicted octanol–water partition coefficient (Wildman–Crippen LogP) is 2.92. The minimum absolute atomic E-state index is 0.0363. The second-order valence-electron chi connectivity index (χ2n) is 7.63. The van der Waals surface area contributed by atoms with Crippen molar-refractivity contribution in [2.75, 3.05) is 19.0 Å².